The highest BCUT2D eigenvalue weighted by Crippen LogP contribution is 2.42. The third-order valence-electron chi connectivity index (χ3n) is 6.21. The van der Waals surface area contributed by atoms with E-state index in [1.54, 1.807) is 49.6 Å². The molecule has 1 fully saturated rings. The minimum absolute atomic E-state index is 0.0426. The Morgan fingerprint density at radius 1 is 0.972 bits per heavy atom. The summed E-state index contributed by atoms with van der Waals surface area (Å²) in [4.78, 5) is 28.1. The van der Waals surface area contributed by atoms with E-state index in [-0.39, 0.29) is 11.3 Å². The maximum absolute atomic E-state index is 13.3. The number of aliphatic hydroxyl groups excluding tert-OH is 1. The average molecular weight is 486 g/mol. The summed E-state index contributed by atoms with van der Waals surface area (Å²) in [6.07, 6.45) is 0. The lowest BCUT2D eigenvalue weighted by atomic mass is 9.94. The molecule has 1 aliphatic rings. The van der Waals surface area contributed by atoms with Crippen molar-refractivity contribution in [2.75, 3.05) is 18.6 Å². The van der Waals surface area contributed by atoms with Gasteiger partial charge in [0.2, 0.25) is 0 Å². The highest BCUT2D eigenvalue weighted by molar-refractivity contribution is 6.51. The van der Waals surface area contributed by atoms with Crippen LogP contribution in [-0.4, -0.2) is 30.5 Å². The van der Waals surface area contributed by atoms with E-state index in [0.717, 1.165) is 11.1 Å². The summed E-state index contributed by atoms with van der Waals surface area (Å²) in [6.45, 7) is 8.56. The SMILES string of the molecule is COc1ccc(C2/C(=C(/O)c3ccc(OCC(C)C)c(C)c3)C(=O)C(=O)N2c2ccc(C)cc2)cc1. The number of amides is 1. The number of methoxy groups -OCH3 is 1. The van der Waals surface area contributed by atoms with Gasteiger partial charge in [-0.2, -0.15) is 0 Å². The smallest absolute Gasteiger partial charge is 0.300 e. The fourth-order valence-electron chi connectivity index (χ4n) is 4.28. The molecule has 1 N–H and O–H groups in total. The average Bonchev–Trinajstić information content (AvgIpc) is 3.13. The molecular formula is C30H31NO5. The van der Waals surface area contributed by atoms with E-state index in [0.29, 0.717) is 40.8 Å². The summed E-state index contributed by atoms with van der Waals surface area (Å²) >= 11 is 0. The van der Waals surface area contributed by atoms with Crippen molar-refractivity contribution in [1.29, 1.82) is 0 Å². The molecule has 1 heterocycles. The Kier molecular flexibility index (Phi) is 7.15. The van der Waals surface area contributed by atoms with Crippen molar-refractivity contribution in [2.45, 2.75) is 33.7 Å². The highest BCUT2D eigenvalue weighted by Gasteiger charge is 2.47. The first-order valence-corrected chi connectivity index (χ1v) is 12.0. The largest absolute Gasteiger partial charge is 0.507 e. The minimum Gasteiger partial charge on any atom is -0.507 e. The zero-order valence-electron chi connectivity index (χ0n) is 21.2. The van der Waals surface area contributed by atoms with Gasteiger partial charge in [0, 0.05) is 11.3 Å². The lowest BCUT2D eigenvalue weighted by Gasteiger charge is -2.25. The molecule has 4 rings (SSSR count). The quantitative estimate of drug-likeness (QED) is 0.253. The molecular weight excluding hydrogens is 454 g/mol. The number of hydrogen-bond acceptors (Lipinski definition) is 5. The van der Waals surface area contributed by atoms with Gasteiger partial charge in [0.05, 0.1) is 25.3 Å². The Labute approximate surface area is 211 Å². The van der Waals surface area contributed by atoms with Gasteiger partial charge in [-0.15, -0.1) is 0 Å². The van der Waals surface area contributed by atoms with E-state index < -0.39 is 17.7 Å². The maximum atomic E-state index is 13.3. The predicted molar refractivity (Wildman–Crippen MR) is 140 cm³/mol. The standard InChI is InChI=1S/C30H31NO5/c1-18(2)17-36-25-15-10-22(16-20(25)4)28(32)26-27(21-8-13-24(35-5)14-9-21)31(30(34)29(26)33)23-11-6-19(3)7-12-23/h6-16,18,27,32H,17H2,1-5H3/b28-26-. The van der Waals surface area contributed by atoms with Crippen LogP contribution in [0.2, 0.25) is 0 Å². The van der Waals surface area contributed by atoms with Gasteiger partial charge in [-0.3, -0.25) is 14.5 Å². The summed E-state index contributed by atoms with van der Waals surface area (Å²) in [5.41, 5.74) is 3.62. The second-order valence-corrected chi connectivity index (χ2v) is 9.46. The maximum Gasteiger partial charge on any atom is 0.300 e. The van der Waals surface area contributed by atoms with E-state index in [4.69, 9.17) is 9.47 Å². The number of rotatable bonds is 7. The van der Waals surface area contributed by atoms with Crippen molar-refractivity contribution in [1.82, 2.24) is 0 Å². The van der Waals surface area contributed by atoms with Gasteiger partial charge < -0.3 is 14.6 Å². The van der Waals surface area contributed by atoms with Crippen molar-refractivity contribution in [3.05, 3.63) is 94.6 Å². The number of anilines is 1. The van der Waals surface area contributed by atoms with Crippen molar-refractivity contribution in [2.24, 2.45) is 5.92 Å². The molecule has 0 spiro atoms. The Bertz CT molecular complexity index is 1310. The number of benzene rings is 3. The van der Waals surface area contributed by atoms with Gasteiger partial charge in [0.25, 0.3) is 11.7 Å². The first-order chi connectivity index (χ1) is 17.2. The van der Waals surface area contributed by atoms with Crippen LogP contribution in [0.25, 0.3) is 5.76 Å². The molecule has 0 saturated carbocycles. The Hall–Kier alpha value is -4.06. The van der Waals surface area contributed by atoms with Crippen molar-refractivity contribution in [3.63, 3.8) is 0 Å². The molecule has 1 atom stereocenters. The van der Waals surface area contributed by atoms with E-state index in [1.165, 1.54) is 4.90 Å². The van der Waals surface area contributed by atoms with Gasteiger partial charge in [-0.1, -0.05) is 43.7 Å². The van der Waals surface area contributed by atoms with Gasteiger partial charge in [-0.05, 0) is 73.4 Å². The second-order valence-electron chi connectivity index (χ2n) is 9.46. The predicted octanol–water partition coefficient (Wildman–Crippen LogP) is 5.97. The molecule has 0 aliphatic carbocycles. The van der Waals surface area contributed by atoms with Crippen LogP contribution in [-0.2, 0) is 9.59 Å². The molecule has 3 aromatic carbocycles. The number of ether oxygens (including phenoxy) is 2. The topological polar surface area (TPSA) is 76.1 Å². The zero-order valence-corrected chi connectivity index (χ0v) is 21.2. The molecule has 0 radical (unpaired) electrons. The van der Waals surface area contributed by atoms with E-state index >= 15 is 0 Å². The summed E-state index contributed by atoms with van der Waals surface area (Å²) in [7, 11) is 1.57. The molecule has 1 saturated heterocycles. The number of aryl methyl sites for hydroxylation is 2. The number of aliphatic hydroxyl groups is 1. The third kappa shape index (κ3) is 4.85. The van der Waals surface area contributed by atoms with Crippen molar-refractivity contribution >= 4 is 23.1 Å². The minimum atomic E-state index is -0.796. The van der Waals surface area contributed by atoms with Crippen LogP contribution in [0.4, 0.5) is 5.69 Å². The molecule has 0 bridgehead atoms. The van der Waals surface area contributed by atoms with Gasteiger partial charge in [0.15, 0.2) is 0 Å². The second kappa shape index (κ2) is 10.3. The molecule has 1 unspecified atom stereocenters. The fraction of sp³-hybridized carbons (Fsp3) is 0.267. The molecule has 1 aliphatic heterocycles. The van der Waals surface area contributed by atoms with Crippen molar-refractivity contribution < 1.29 is 24.2 Å². The zero-order chi connectivity index (χ0) is 26.0. The summed E-state index contributed by atoms with van der Waals surface area (Å²) in [5, 5.41) is 11.4. The Morgan fingerprint density at radius 2 is 1.64 bits per heavy atom. The Balaban J connectivity index is 1.84. The fourth-order valence-corrected chi connectivity index (χ4v) is 4.28. The monoisotopic (exact) mass is 485 g/mol. The lowest BCUT2D eigenvalue weighted by Crippen LogP contribution is -2.29. The van der Waals surface area contributed by atoms with E-state index in [2.05, 4.69) is 13.8 Å². The van der Waals surface area contributed by atoms with E-state index in [9.17, 15) is 14.7 Å². The normalized spacial score (nSPS) is 17.1. The molecule has 1 amide bonds. The van der Waals surface area contributed by atoms with Crippen LogP contribution in [0.1, 0.15) is 42.1 Å². The molecule has 6 heteroatoms. The van der Waals surface area contributed by atoms with Crippen LogP contribution in [0.3, 0.4) is 0 Å². The van der Waals surface area contributed by atoms with Crippen LogP contribution in [0, 0.1) is 19.8 Å². The first-order valence-electron chi connectivity index (χ1n) is 12.0. The summed E-state index contributed by atoms with van der Waals surface area (Å²) < 4.78 is 11.1. The van der Waals surface area contributed by atoms with Crippen molar-refractivity contribution in [3.8, 4) is 11.5 Å². The molecule has 36 heavy (non-hydrogen) atoms. The molecule has 3 aromatic rings. The lowest BCUT2D eigenvalue weighted by molar-refractivity contribution is -0.132. The van der Waals surface area contributed by atoms with Gasteiger partial charge in [-0.25, -0.2) is 0 Å². The first kappa shape index (κ1) is 25.0. The van der Waals surface area contributed by atoms with Crippen LogP contribution >= 0.6 is 0 Å². The number of carbonyl (C=O) groups is 2. The summed E-state index contributed by atoms with van der Waals surface area (Å²) in [6, 6.07) is 19.0. The number of ketones is 1. The highest BCUT2D eigenvalue weighted by atomic mass is 16.5. The van der Waals surface area contributed by atoms with Gasteiger partial charge in [0.1, 0.15) is 17.3 Å². The Morgan fingerprint density at radius 3 is 2.22 bits per heavy atom. The summed E-state index contributed by atoms with van der Waals surface area (Å²) in [5.74, 6) is 0.106. The van der Waals surface area contributed by atoms with Crippen LogP contribution in [0.15, 0.2) is 72.3 Å². The number of hydrogen-bond donors (Lipinski definition) is 1. The number of Topliss-reactive ketones (excluding diaryl/α,β-unsaturated/α-hetero) is 1. The van der Waals surface area contributed by atoms with Crippen LogP contribution < -0.4 is 14.4 Å². The van der Waals surface area contributed by atoms with Gasteiger partial charge >= 0.3 is 0 Å². The number of carbonyl (C=O) groups excluding carboxylic acids is 2. The van der Waals surface area contributed by atoms with Crippen LogP contribution in [0.5, 0.6) is 11.5 Å². The molecule has 0 aromatic heterocycles. The molecule has 186 valence electrons. The van der Waals surface area contributed by atoms with E-state index in [1.807, 2.05) is 38.1 Å². The molecule has 6 nitrogen and oxygen atoms in total. The number of nitrogens with zero attached hydrogens (tertiary/aromatic N) is 1. The third-order valence-corrected chi connectivity index (χ3v) is 6.21.